The van der Waals surface area contributed by atoms with E-state index in [1.807, 2.05) is 0 Å². The van der Waals surface area contributed by atoms with Crippen molar-refractivity contribution < 1.29 is 97.1 Å². The number of ether oxygens (including phenoxy) is 7. The van der Waals surface area contributed by atoms with Crippen LogP contribution in [0.25, 0.3) is 0 Å². The lowest BCUT2D eigenvalue weighted by molar-refractivity contribution is -0.271. The maximum absolute atomic E-state index is 14.4. The second kappa shape index (κ2) is 25.4. The summed E-state index contributed by atoms with van der Waals surface area (Å²) >= 11 is 0. The minimum Gasteiger partial charge on any atom is -0.493 e. The Balaban J connectivity index is 1.05. The number of hydrogen-bond acceptors (Lipinski definition) is 20. The number of hydrogen-bond donors (Lipinski definition) is 9. The summed E-state index contributed by atoms with van der Waals surface area (Å²) in [5, 5.41) is 60.8. The fraction of sp³-hybridized carbons (Fsp3) is 0.420. The van der Waals surface area contributed by atoms with E-state index in [1.165, 1.54) is 70.7 Å². The lowest BCUT2D eigenvalue weighted by Crippen LogP contribution is -2.61. The Morgan fingerprint density at radius 3 is 2.26 bits per heavy atom. The molecule has 28 heteroatoms. The summed E-state index contributed by atoms with van der Waals surface area (Å²) < 4.78 is 41.5. The number of nitrogens with two attached hydrogens (primary N) is 1. The van der Waals surface area contributed by atoms with Gasteiger partial charge in [-0.05, 0) is 48.7 Å². The van der Waals surface area contributed by atoms with Crippen molar-refractivity contribution in [2.75, 3.05) is 69.3 Å². The van der Waals surface area contributed by atoms with Crippen molar-refractivity contribution in [3.8, 4) is 17.2 Å². The molecule has 1 unspecified atom stereocenters. The quantitative estimate of drug-likeness (QED) is 0.0222. The smallest absolute Gasteiger partial charge is 0.416 e. The molecule has 2 aromatic carbocycles. The SMILES string of the molecule is C=C1C[C@H]2C(O)N(C(=O)OCc3ccc(O[C@@H]4O[C@H](C(=O)O)[C@@H](O)[C@H](O)[C@H]4O)c(C(=O)NCCOCCON)c3)c3cc(OCCCC(=O)Nc4cc(C(=O)Nc5cc(C(=O)OC)n(C)c5)n(C)c4)c(OC)cc3C(=O)N2C1. The number of benzene rings is 2. The Hall–Kier alpha value is -8.09. The zero-order valence-electron chi connectivity index (χ0n) is 42.7. The minimum atomic E-state index is -2.02. The molecule has 2 aromatic heterocycles. The summed E-state index contributed by atoms with van der Waals surface area (Å²) in [6.45, 7) is 3.59. The highest BCUT2D eigenvalue weighted by molar-refractivity contribution is 6.07. The van der Waals surface area contributed by atoms with E-state index < -0.39 is 91.2 Å². The van der Waals surface area contributed by atoms with E-state index in [0.29, 0.717) is 16.9 Å². The molecule has 7 rings (SSSR count). The summed E-state index contributed by atoms with van der Waals surface area (Å²) in [6, 6.07) is 8.48. The average molecular weight is 1090 g/mol. The molecule has 420 valence electrons. The van der Waals surface area contributed by atoms with Gasteiger partial charge < -0.3 is 93.5 Å². The number of carbonyl (C=O) groups excluding carboxylic acids is 6. The molecule has 5 amide bonds. The van der Waals surface area contributed by atoms with Gasteiger partial charge in [-0.15, -0.1) is 0 Å². The second-order valence-corrected chi connectivity index (χ2v) is 18.1. The molecule has 28 nitrogen and oxygen atoms in total. The Morgan fingerprint density at radius 2 is 1.55 bits per heavy atom. The number of aliphatic carboxylic acids is 1. The van der Waals surface area contributed by atoms with Crippen molar-refractivity contribution in [1.82, 2.24) is 19.4 Å². The van der Waals surface area contributed by atoms with Crippen LogP contribution in [0.1, 0.15) is 66.5 Å². The van der Waals surface area contributed by atoms with Crippen LogP contribution in [0.15, 0.2) is 67.0 Å². The van der Waals surface area contributed by atoms with Gasteiger partial charge in [0.15, 0.2) is 23.8 Å². The van der Waals surface area contributed by atoms with Crippen molar-refractivity contribution >= 4 is 58.7 Å². The van der Waals surface area contributed by atoms with Gasteiger partial charge in [0.2, 0.25) is 12.2 Å². The van der Waals surface area contributed by atoms with Gasteiger partial charge in [-0.25, -0.2) is 25.2 Å². The average Bonchev–Trinajstić information content (AvgIpc) is 4.13. The number of aliphatic hydroxyl groups is 4. The van der Waals surface area contributed by atoms with Crippen LogP contribution in [0, 0.1) is 0 Å². The fourth-order valence-electron chi connectivity index (χ4n) is 8.80. The molecule has 0 bridgehead atoms. The van der Waals surface area contributed by atoms with E-state index in [0.717, 1.165) is 4.90 Å². The van der Waals surface area contributed by atoms with Crippen LogP contribution in [0.3, 0.4) is 0 Å². The monoisotopic (exact) mass is 1090 g/mol. The highest BCUT2D eigenvalue weighted by atomic mass is 16.7. The van der Waals surface area contributed by atoms with E-state index in [9.17, 15) is 59.1 Å². The molecule has 2 fully saturated rings. The van der Waals surface area contributed by atoms with E-state index in [2.05, 4.69) is 27.4 Å². The van der Waals surface area contributed by atoms with Crippen LogP contribution in [-0.4, -0.2) is 178 Å². The van der Waals surface area contributed by atoms with Gasteiger partial charge in [0, 0.05) is 52.1 Å². The number of aliphatic hydroxyl groups excluding tert-OH is 4. The minimum absolute atomic E-state index is 0.0154. The topological polar surface area (TPSA) is 373 Å². The summed E-state index contributed by atoms with van der Waals surface area (Å²) in [6.07, 6.45) is -9.43. The maximum Gasteiger partial charge on any atom is 0.416 e. The Kier molecular flexibility index (Phi) is 18.7. The number of amides is 5. The van der Waals surface area contributed by atoms with Crippen molar-refractivity contribution in [3.05, 3.63) is 95.1 Å². The Bertz CT molecular complexity index is 2920. The zero-order chi connectivity index (χ0) is 56.5. The molecular weight excluding hydrogens is 1030 g/mol. The third-order valence-corrected chi connectivity index (χ3v) is 12.7. The normalized spacial score (nSPS) is 20.7. The standard InChI is InChI=1S/C50H60N8O20/c1-25-15-33-46(66)58(50(70)75-24-26-8-9-35(30(16-26)43(63)52-10-12-73-13-14-76-51)77-49-41(62)39(60)40(61)42(78-49)47(67)68)31-20-37(36(71-4)19-29(31)45(65)57(33)21-25)74-11-6-7-38(59)53-27-17-32(55(2)22-27)44(64)54-28-18-34(48(69)72-5)56(3)23-28/h8-9,16-20,22-23,33,39-42,46,49,60-62,66H,1,6-7,10-15,21,24,51H2,2-5H3,(H,52,63)(H,53,59)(H,54,64)(H,67,68)/t33-,39-,40-,41+,42-,46?,49+/m0/s1. The molecular formula is C50H60N8O20. The number of aryl methyl sites for hydroxylation is 2. The first-order valence-corrected chi connectivity index (χ1v) is 24.1. The first kappa shape index (κ1) is 57.6. The Labute approximate surface area is 444 Å². The number of anilines is 3. The van der Waals surface area contributed by atoms with Gasteiger partial charge >= 0.3 is 18.0 Å². The second-order valence-electron chi connectivity index (χ2n) is 18.1. The van der Waals surface area contributed by atoms with Gasteiger partial charge in [-0.2, -0.15) is 0 Å². The molecule has 0 spiro atoms. The first-order chi connectivity index (χ1) is 37.2. The number of esters is 1. The summed E-state index contributed by atoms with van der Waals surface area (Å²) in [4.78, 5) is 98.9. The third kappa shape index (κ3) is 13.0. The molecule has 4 aromatic rings. The van der Waals surface area contributed by atoms with E-state index in [4.69, 9.17) is 39.1 Å². The predicted octanol–water partition coefficient (Wildman–Crippen LogP) is 0.362. The molecule has 5 heterocycles. The highest BCUT2D eigenvalue weighted by Crippen LogP contribution is 2.42. The molecule has 0 radical (unpaired) electrons. The maximum atomic E-state index is 14.4. The molecule has 2 saturated heterocycles. The van der Waals surface area contributed by atoms with Crippen LogP contribution < -0.4 is 41.0 Å². The molecule has 78 heavy (non-hydrogen) atoms. The van der Waals surface area contributed by atoms with Crippen LogP contribution in [0.2, 0.25) is 0 Å². The lowest BCUT2D eigenvalue weighted by Gasteiger charge is -2.38. The van der Waals surface area contributed by atoms with Crippen LogP contribution in [0.4, 0.5) is 21.9 Å². The predicted molar refractivity (Wildman–Crippen MR) is 268 cm³/mol. The Morgan fingerprint density at radius 1 is 0.833 bits per heavy atom. The van der Waals surface area contributed by atoms with Crippen LogP contribution in [-0.2, 0) is 54.1 Å². The molecule has 3 aliphatic heterocycles. The largest absolute Gasteiger partial charge is 0.493 e. The molecule has 10 N–H and O–H groups in total. The van der Waals surface area contributed by atoms with E-state index in [-0.39, 0.29) is 110 Å². The molecule has 7 atom stereocenters. The van der Waals surface area contributed by atoms with Gasteiger partial charge in [-0.1, -0.05) is 18.2 Å². The van der Waals surface area contributed by atoms with Gasteiger partial charge in [0.05, 0.1) is 74.9 Å². The number of aromatic nitrogens is 2. The number of methoxy groups -OCH3 is 2. The van der Waals surface area contributed by atoms with Crippen molar-refractivity contribution in [3.63, 3.8) is 0 Å². The fourth-order valence-corrected chi connectivity index (χ4v) is 8.80. The van der Waals surface area contributed by atoms with E-state index in [1.54, 1.807) is 26.5 Å². The number of carbonyl (C=O) groups is 7. The number of carboxylic acids is 1. The number of fused-ring (bicyclic) bond motifs is 2. The highest BCUT2D eigenvalue weighted by Gasteiger charge is 2.49. The zero-order valence-corrected chi connectivity index (χ0v) is 42.7. The van der Waals surface area contributed by atoms with Crippen molar-refractivity contribution in [2.24, 2.45) is 20.0 Å². The lowest BCUT2D eigenvalue weighted by atomic mass is 9.99. The van der Waals surface area contributed by atoms with Crippen LogP contribution >= 0.6 is 0 Å². The van der Waals surface area contributed by atoms with Crippen LogP contribution in [0.5, 0.6) is 17.2 Å². The van der Waals surface area contributed by atoms with E-state index >= 15 is 0 Å². The molecule has 0 aliphatic carbocycles. The number of nitrogens with zero attached hydrogens (tertiary/aromatic N) is 4. The van der Waals surface area contributed by atoms with Crippen molar-refractivity contribution in [1.29, 1.82) is 0 Å². The van der Waals surface area contributed by atoms with Gasteiger partial charge in [0.1, 0.15) is 42.1 Å². The summed E-state index contributed by atoms with van der Waals surface area (Å²) in [5.41, 5.74) is 1.47. The first-order valence-electron chi connectivity index (χ1n) is 24.1. The summed E-state index contributed by atoms with van der Waals surface area (Å²) in [7, 11) is 5.82. The third-order valence-electron chi connectivity index (χ3n) is 12.7. The number of rotatable bonds is 22. The molecule has 3 aliphatic rings. The summed E-state index contributed by atoms with van der Waals surface area (Å²) in [5.74, 6) is 0.331. The van der Waals surface area contributed by atoms with Gasteiger partial charge in [-0.3, -0.25) is 19.2 Å². The number of carboxylic acid groups (broad SMARTS) is 1. The number of nitrogens with one attached hydrogen (secondary N) is 3. The van der Waals surface area contributed by atoms with Gasteiger partial charge in [0.25, 0.3) is 17.7 Å². The van der Waals surface area contributed by atoms with Crippen molar-refractivity contribution in [2.45, 2.75) is 68.8 Å². The molecule has 0 saturated carbocycles.